The van der Waals surface area contributed by atoms with Gasteiger partial charge >= 0.3 is 0 Å². The van der Waals surface area contributed by atoms with Crippen molar-refractivity contribution in [1.29, 1.82) is 0 Å². The predicted octanol–water partition coefficient (Wildman–Crippen LogP) is 3.24. The molecule has 6 heteroatoms. The second kappa shape index (κ2) is 6.40. The molecule has 0 unspecified atom stereocenters. The van der Waals surface area contributed by atoms with Crippen LogP contribution in [0.25, 0.3) is 11.3 Å². The van der Waals surface area contributed by atoms with Crippen LogP contribution in [0.1, 0.15) is 5.89 Å². The Morgan fingerprint density at radius 2 is 2.24 bits per heavy atom. The zero-order chi connectivity index (χ0) is 14.7. The topological polar surface area (TPSA) is 55.5 Å². The zero-order valence-electron chi connectivity index (χ0n) is 11.4. The van der Waals surface area contributed by atoms with Gasteiger partial charge in [0.05, 0.1) is 31.8 Å². The summed E-state index contributed by atoms with van der Waals surface area (Å²) in [5.74, 6) is 2.93. The Hall–Kier alpha value is -1.01. The Morgan fingerprint density at radius 3 is 2.90 bits per heavy atom. The fourth-order valence-corrected chi connectivity index (χ4v) is 3.41. The lowest BCUT2D eigenvalue weighted by atomic mass is 9.90. The number of aliphatic hydroxyl groups is 1. The first-order valence-corrected chi connectivity index (χ1v) is 8.21. The van der Waals surface area contributed by atoms with Crippen molar-refractivity contribution >= 4 is 23.4 Å². The van der Waals surface area contributed by atoms with Crippen LogP contribution in [0.2, 0.25) is 5.02 Å². The summed E-state index contributed by atoms with van der Waals surface area (Å²) in [6.45, 7) is 1.44. The Balaban J connectivity index is 1.58. The van der Waals surface area contributed by atoms with Gasteiger partial charge in [-0.3, -0.25) is 0 Å². The number of hydrogen-bond donors (Lipinski definition) is 1. The van der Waals surface area contributed by atoms with Gasteiger partial charge in [0.1, 0.15) is 0 Å². The van der Waals surface area contributed by atoms with Gasteiger partial charge in [-0.15, -0.1) is 0 Å². The molecule has 0 aliphatic carbocycles. The third-order valence-corrected chi connectivity index (χ3v) is 4.95. The van der Waals surface area contributed by atoms with Crippen LogP contribution in [-0.2, 0) is 10.5 Å². The summed E-state index contributed by atoms with van der Waals surface area (Å²) in [6.07, 6.45) is 1.72. The fraction of sp³-hybridized carbons (Fsp3) is 0.400. The average Bonchev–Trinajstić information content (AvgIpc) is 2.91. The first-order chi connectivity index (χ1) is 10.2. The zero-order valence-corrected chi connectivity index (χ0v) is 13.0. The van der Waals surface area contributed by atoms with Gasteiger partial charge in [0, 0.05) is 21.8 Å². The molecule has 1 saturated heterocycles. The number of benzene rings is 1. The van der Waals surface area contributed by atoms with Crippen molar-refractivity contribution in [1.82, 2.24) is 4.98 Å². The standard InChI is InChI=1S/C15H16ClNO3S/c16-12-3-1-2-11(4-12)13-5-17-14(20-13)6-21-10-15(7-18)8-19-9-15/h1-5,18H,6-10H2. The van der Waals surface area contributed by atoms with Gasteiger partial charge in [-0.2, -0.15) is 11.8 Å². The minimum Gasteiger partial charge on any atom is -0.440 e. The predicted molar refractivity (Wildman–Crippen MR) is 83.4 cm³/mol. The second-order valence-electron chi connectivity index (χ2n) is 5.27. The van der Waals surface area contributed by atoms with Gasteiger partial charge in [0.25, 0.3) is 0 Å². The van der Waals surface area contributed by atoms with E-state index < -0.39 is 0 Å². The van der Waals surface area contributed by atoms with Gasteiger partial charge in [0.15, 0.2) is 5.76 Å². The van der Waals surface area contributed by atoms with Crippen LogP contribution in [0, 0.1) is 5.41 Å². The largest absolute Gasteiger partial charge is 0.440 e. The summed E-state index contributed by atoms with van der Waals surface area (Å²) in [6, 6.07) is 7.50. The molecule has 0 saturated carbocycles. The summed E-state index contributed by atoms with van der Waals surface area (Å²) in [4.78, 5) is 4.29. The number of oxazole rings is 1. The Kier molecular flexibility index (Phi) is 4.54. The minimum atomic E-state index is -0.0763. The van der Waals surface area contributed by atoms with E-state index in [0.29, 0.717) is 29.9 Å². The molecule has 112 valence electrons. The molecule has 1 aromatic heterocycles. The highest BCUT2D eigenvalue weighted by atomic mass is 35.5. The minimum absolute atomic E-state index is 0.0763. The van der Waals surface area contributed by atoms with Crippen LogP contribution in [-0.4, -0.2) is 35.7 Å². The van der Waals surface area contributed by atoms with Crippen molar-refractivity contribution in [3.63, 3.8) is 0 Å². The van der Waals surface area contributed by atoms with Gasteiger partial charge in [0.2, 0.25) is 5.89 Å². The van der Waals surface area contributed by atoms with E-state index in [-0.39, 0.29) is 12.0 Å². The van der Waals surface area contributed by atoms with E-state index >= 15 is 0 Å². The Morgan fingerprint density at radius 1 is 1.38 bits per heavy atom. The Bertz CT molecular complexity index is 607. The van der Waals surface area contributed by atoms with Crippen LogP contribution >= 0.6 is 23.4 Å². The molecule has 2 heterocycles. The lowest BCUT2D eigenvalue weighted by Crippen LogP contribution is -2.47. The van der Waals surface area contributed by atoms with Crippen LogP contribution in [0.15, 0.2) is 34.9 Å². The van der Waals surface area contributed by atoms with E-state index in [1.807, 2.05) is 24.3 Å². The summed E-state index contributed by atoms with van der Waals surface area (Å²) in [5, 5.41) is 10.0. The van der Waals surface area contributed by atoms with E-state index in [2.05, 4.69) is 4.98 Å². The highest BCUT2D eigenvalue weighted by Crippen LogP contribution is 2.32. The maximum atomic E-state index is 9.37. The number of thioether (sulfide) groups is 1. The molecule has 1 aliphatic heterocycles. The molecule has 21 heavy (non-hydrogen) atoms. The molecule has 0 amide bonds. The van der Waals surface area contributed by atoms with Gasteiger partial charge in [-0.1, -0.05) is 23.7 Å². The molecule has 0 bridgehead atoms. The van der Waals surface area contributed by atoms with Crippen LogP contribution < -0.4 is 0 Å². The molecule has 0 spiro atoms. The average molecular weight is 326 g/mol. The van der Waals surface area contributed by atoms with Crippen molar-refractivity contribution in [3.05, 3.63) is 41.4 Å². The lowest BCUT2D eigenvalue weighted by molar-refractivity contribution is -0.121. The van der Waals surface area contributed by atoms with E-state index in [9.17, 15) is 5.11 Å². The monoisotopic (exact) mass is 325 g/mol. The van der Waals surface area contributed by atoms with Crippen molar-refractivity contribution in [2.75, 3.05) is 25.6 Å². The molecule has 1 N–H and O–H groups in total. The molecule has 0 atom stereocenters. The number of aromatic nitrogens is 1. The number of ether oxygens (including phenoxy) is 1. The van der Waals surface area contributed by atoms with E-state index in [1.54, 1.807) is 18.0 Å². The Labute approximate surface area is 132 Å². The summed E-state index contributed by atoms with van der Waals surface area (Å²) < 4.78 is 10.9. The number of hydrogen-bond acceptors (Lipinski definition) is 5. The molecular formula is C15H16ClNO3S. The maximum absolute atomic E-state index is 9.37. The van der Waals surface area contributed by atoms with Crippen molar-refractivity contribution in [2.45, 2.75) is 5.75 Å². The first kappa shape index (κ1) is 14.9. The van der Waals surface area contributed by atoms with Crippen LogP contribution in [0.3, 0.4) is 0 Å². The molecule has 1 fully saturated rings. The molecule has 2 aromatic rings. The first-order valence-electron chi connectivity index (χ1n) is 6.68. The van der Waals surface area contributed by atoms with E-state index in [4.69, 9.17) is 20.8 Å². The molecule has 4 nitrogen and oxygen atoms in total. The normalized spacial score (nSPS) is 16.7. The SMILES string of the molecule is OCC1(CSCc2ncc(-c3cccc(Cl)c3)o2)COC1. The van der Waals surface area contributed by atoms with Gasteiger partial charge < -0.3 is 14.3 Å². The third kappa shape index (κ3) is 3.43. The highest BCUT2D eigenvalue weighted by Gasteiger charge is 2.37. The maximum Gasteiger partial charge on any atom is 0.204 e. The number of halogens is 1. The highest BCUT2D eigenvalue weighted by molar-refractivity contribution is 7.98. The molecule has 1 aliphatic rings. The van der Waals surface area contributed by atoms with E-state index in [1.165, 1.54) is 0 Å². The lowest BCUT2D eigenvalue weighted by Gasteiger charge is -2.39. The van der Waals surface area contributed by atoms with Gasteiger partial charge in [-0.05, 0) is 12.1 Å². The van der Waals surface area contributed by atoms with Crippen LogP contribution in [0.4, 0.5) is 0 Å². The number of rotatable bonds is 6. The van der Waals surface area contributed by atoms with Gasteiger partial charge in [-0.25, -0.2) is 4.98 Å². The number of nitrogens with zero attached hydrogens (tertiary/aromatic N) is 1. The fourth-order valence-electron chi connectivity index (χ4n) is 2.12. The number of aliphatic hydroxyl groups excluding tert-OH is 1. The molecule has 0 radical (unpaired) electrons. The second-order valence-corrected chi connectivity index (χ2v) is 6.69. The van der Waals surface area contributed by atoms with Crippen LogP contribution in [0.5, 0.6) is 0 Å². The smallest absolute Gasteiger partial charge is 0.204 e. The van der Waals surface area contributed by atoms with Crippen molar-refractivity contribution in [2.24, 2.45) is 5.41 Å². The molecule has 3 rings (SSSR count). The van der Waals surface area contributed by atoms with Crippen molar-refractivity contribution < 1.29 is 14.3 Å². The third-order valence-electron chi connectivity index (χ3n) is 3.45. The summed E-state index contributed by atoms with van der Waals surface area (Å²) in [5.41, 5.74) is 0.845. The summed E-state index contributed by atoms with van der Waals surface area (Å²) >= 11 is 7.68. The van der Waals surface area contributed by atoms with E-state index in [0.717, 1.165) is 17.1 Å². The summed E-state index contributed by atoms with van der Waals surface area (Å²) in [7, 11) is 0. The molecule has 1 aromatic carbocycles. The van der Waals surface area contributed by atoms with Crippen molar-refractivity contribution in [3.8, 4) is 11.3 Å². The molecular weight excluding hydrogens is 310 g/mol. The quantitative estimate of drug-likeness (QED) is 0.883.